The molecular formula is C79H78BClN16NaO10. The summed E-state index contributed by atoms with van der Waals surface area (Å²) in [5, 5.41) is 31.5. The Hall–Kier alpha value is -11.6. The predicted molar refractivity (Wildman–Crippen MR) is 406 cm³/mol. The van der Waals surface area contributed by atoms with Gasteiger partial charge in [0, 0.05) is 139 Å². The molecule has 5 aromatic carbocycles. The van der Waals surface area contributed by atoms with Gasteiger partial charge >= 0.3 is 41.5 Å². The number of aromatic nitrogens is 15. The first-order chi connectivity index (χ1) is 51.7. The summed E-state index contributed by atoms with van der Waals surface area (Å²) < 4.78 is 31.7. The van der Waals surface area contributed by atoms with E-state index in [1.165, 1.54) is 43.7 Å². The number of rotatable bonds is 15. The second-order valence-electron chi connectivity index (χ2n) is 24.9. The van der Waals surface area contributed by atoms with Crippen LogP contribution in [0.3, 0.4) is 0 Å². The van der Waals surface area contributed by atoms with Gasteiger partial charge in [-0.3, -0.25) is 9.59 Å². The maximum Gasteiger partial charge on any atom is 1.00 e. The maximum absolute atomic E-state index is 11.7. The first-order valence-corrected chi connectivity index (χ1v) is 34.5. The van der Waals surface area contributed by atoms with E-state index in [4.69, 9.17) is 46.0 Å². The van der Waals surface area contributed by atoms with Crippen LogP contribution in [0.15, 0.2) is 177 Å². The van der Waals surface area contributed by atoms with Crippen LogP contribution in [0.2, 0.25) is 5.15 Å². The van der Waals surface area contributed by atoms with E-state index in [1.807, 2.05) is 154 Å². The number of methoxy groups -OCH3 is 3. The molecule has 545 valence electrons. The van der Waals surface area contributed by atoms with Gasteiger partial charge in [-0.25, -0.2) is 61.9 Å². The molecule has 1 N–H and O–H groups in total. The molecule has 1 saturated carbocycles. The molecule has 3 radical (unpaired) electrons. The molecule has 0 atom stereocenters. The van der Waals surface area contributed by atoms with Crippen LogP contribution in [-0.4, -0.2) is 133 Å². The van der Waals surface area contributed by atoms with E-state index in [0.717, 1.165) is 145 Å². The van der Waals surface area contributed by atoms with Crippen LogP contribution < -0.4 is 49.1 Å². The summed E-state index contributed by atoms with van der Waals surface area (Å²) in [7, 11) is 9.32. The van der Waals surface area contributed by atoms with Crippen molar-refractivity contribution in [2.75, 3.05) is 21.3 Å². The van der Waals surface area contributed by atoms with E-state index in [-0.39, 0.29) is 29.6 Å². The minimum absolute atomic E-state index is 0. The smallest absolute Gasteiger partial charge is 0.793 e. The molecule has 0 amide bonds. The van der Waals surface area contributed by atoms with Crippen molar-refractivity contribution in [2.24, 2.45) is 0 Å². The van der Waals surface area contributed by atoms with Crippen molar-refractivity contribution < 1.29 is 77.4 Å². The quantitative estimate of drug-likeness (QED) is 0.0328. The number of hydrogen-bond donors (Lipinski definition) is 1. The number of nitrogens with one attached hydrogen (secondary N) is 1. The zero-order chi connectivity index (χ0) is 76.0. The Morgan fingerprint density at radius 2 is 0.880 bits per heavy atom. The molecule has 0 aliphatic heterocycles. The monoisotopic (exact) mass is 1480 g/mol. The fourth-order valence-electron chi connectivity index (χ4n) is 12.6. The van der Waals surface area contributed by atoms with Gasteiger partial charge in [0.2, 0.25) is 5.97 Å². The fourth-order valence-corrected chi connectivity index (χ4v) is 12.9. The van der Waals surface area contributed by atoms with Crippen LogP contribution in [0.1, 0.15) is 96.5 Å². The first-order valence-electron chi connectivity index (χ1n) is 34.1. The molecule has 29 heteroatoms. The summed E-state index contributed by atoms with van der Waals surface area (Å²) in [6.07, 6.45) is 17.0. The Morgan fingerprint density at radius 1 is 0.500 bits per heavy atom. The average Bonchev–Trinajstić information content (AvgIpc) is 1.59. The van der Waals surface area contributed by atoms with E-state index >= 15 is 0 Å². The summed E-state index contributed by atoms with van der Waals surface area (Å²) in [5.41, 5.74) is 21.5. The third-order valence-corrected chi connectivity index (χ3v) is 17.6. The second-order valence-corrected chi connectivity index (χ2v) is 25.2. The number of benzene rings is 5. The number of fused-ring (bicyclic) bond motifs is 3. The molecule has 9 heterocycles. The van der Waals surface area contributed by atoms with Gasteiger partial charge in [-0.1, -0.05) is 73.0 Å². The minimum atomic E-state index is -0.639. The van der Waals surface area contributed by atoms with Gasteiger partial charge in [0.15, 0.2) is 23.2 Å². The molecule has 108 heavy (non-hydrogen) atoms. The van der Waals surface area contributed by atoms with Gasteiger partial charge in [-0.2, -0.15) is 30.6 Å². The predicted octanol–water partition coefficient (Wildman–Crippen LogP) is 11.1. The van der Waals surface area contributed by atoms with Gasteiger partial charge < -0.3 is 32.2 Å². The summed E-state index contributed by atoms with van der Waals surface area (Å²) in [6.45, 7) is 16.2. The summed E-state index contributed by atoms with van der Waals surface area (Å²) >= 11 is 6.32. The number of ether oxygens (including phenoxy) is 3. The van der Waals surface area contributed by atoms with Gasteiger partial charge in [-0.05, 0) is 133 Å². The second kappa shape index (κ2) is 36.1. The summed E-state index contributed by atoms with van der Waals surface area (Å²) in [6, 6.07) is 46.3. The van der Waals surface area contributed by atoms with E-state index in [2.05, 4.69) is 95.6 Å². The molecule has 0 bridgehead atoms. The first kappa shape index (κ1) is 79.0. The summed E-state index contributed by atoms with van der Waals surface area (Å²) in [5.74, 6) is 0.446. The van der Waals surface area contributed by atoms with Crippen molar-refractivity contribution in [2.45, 2.75) is 101 Å². The van der Waals surface area contributed by atoms with Crippen molar-refractivity contribution in [1.29, 1.82) is 0 Å². The molecular weight excluding hydrogens is 1400 g/mol. The van der Waals surface area contributed by atoms with Crippen LogP contribution in [-0.2, 0) is 35.4 Å². The molecule has 14 aromatic rings. The third kappa shape index (κ3) is 18.1. The SMILES string of the molecule is CC(=O)OOC(C)=O.COc1cc(-n2cccn2)ccc1-c1c(C)nn2c(-c3ccccc3C=O)cc(C)nc12.COc1cc(-n2cccn2)ccc1-c1c(C)nn2c(-c3ccccc3CNC3CCCC3)cc(C)nc12.COc1cc(-n2cccn2)ccc1-c1c(C)nn2c(Cl)cc(C)nc12.[B-]OC(C)=O.[Na+]. The zero-order valence-corrected chi connectivity index (χ0v) is 64.9. The normalized spacial score (nSPS) is 11.6. The summed E-state index contributed by atoms with van der Waals surface area (Å²) in [4.78, 5) is 62.8. The number of nitrogens with zero attached hydrogens (tertiary/aromatic N) is 15. The maximum atomic E-state index is 11.7. The Balaban J connectivity index is 0.000000161. The number of hydrogen-bond acceptors (Lipinski definition) is 20. The van der Waals surface area contributed by atoms with Gasteiger partial charge in [-0.15, -0.1) is 0 Å². The number of halogens is 1. The van der Waals surface area contributed by atoms with Gasteiger partial charge in [0.25, 0.3) is 0 Å². The molecule has 0 spiro atoms. The average molecular weight is 1480 g/mol. The molecule has 0 unspecified atom stereocenters. The molecule has 1 fully saturated rings. The fraction of sp³-hybridized carbons (Fsp3) is 0.228. The molecule has 1 aliphatic rings. The molecule has 1 aliphatic carbocycles. The van der Waals surface area contributed by atoms with Crippen molar-refractivity contribution in [3.63, 3.8) is 0 Å². The largest absolute Gasteiger partial charge is 1.00 e. The number of carbonyl (C=O) groups excluding carboxylic acids is 4. The number of aryl methyl sites for hydroxylation is 6. The Bertz CT molecular complexity index is 5490. The van der Waals surface area contributed by atoms with Crippen LogP contribution >= 0.6 is 11.6 Å². The van der Waals surface area contributed by atoms with E-state index in [1.54, 1.807) is 70.4 Å². The van der Waals surface area contributed by atoms with Crippen LogP contribution in [0.4, 0.5) is 0 Å². The van der Waals surface area contributed by atoms with E-state index in [9.17, 15) is 19.2 Å². The van der Waals surface area contributed by atoms with Crippen LogP contribution in [0, 0.1) is 41.5 Å². The Morgan fingerprint density at radius 3 is 1.27 bits per heavy atom. The number of aldehydes is 1. The molecule has 26 nitrogen and oxygen atoms in total. The Labute approximate surface area is 651 Å². The van der Waals surface area contributed by atoms with Crippen molar-refractivity contribution in [3.8, 4) is 90.2 Å². The van der Waals surface area contributed by atoms with Crippen molar-refractivity contribution in [3.05, 3.63) is 227 Å². The minimum Gasteiger partial charge on any atom is -0.793 e. The molecule has 9 aromatic heterocycles. The van der Waals surface area contributed by atoms with E-state index < -0.39 is 17.9 Å². The molecule has 15 rings (SSSR count). The van der Waals surface area contributed by atoms with Crippen LogP contribution in [0.5, 0.6) is 17.2 Å². The van der Waals surface area contributed by atoms with E-state index in [0.29, 0.717) is 33.8 Å². The Kier molecular flexibility index (Phi) is 26.4. The van der Waals surface area contributed by atoms with Crippen LogP contribution in [0.25, 0.3) is 89.9 Å². The molecule has 0 saturated heterocycles. The van der Waals surface area contributed by atoms with Crippen molar-refractivity contribution >= 4 is 60.8 Å². The van der Waals surface area contributed by atoms with Gasteiger partial charge in [0.1, 0.15) is 22.4 Å². The third-order valence-electron chi connectivity index (χ3n) is 17.3. The zero-order valence-electron chi connectivity index (χ0n) is 62.2. The standard InChI is InChI=1S/C30H32N6O.C25H21N5O2.C18H16ClN5O.C4H6O4.C2H3BO2.Na/c1-20-17-27(25-12-7-4-9-22(25)19-31-23-10-5-6-11-23)36-30(33-20)29(21(2)34-36)26-14-13-24(18-28(26)37-3)35-16-8-15-32-35;1-16-13-22(20-8-5-4-7-18(20)15-31)30-25(27-16)24(17(2)28-30)21-10-9-19(14-23(21)32-3)29-12-6-11-26-29;1-11-9-16(19)24-18(21-11)17(12(2)22-24)14-6-5-13(10-15(14)25-3)23-8-4-7-20-23;1-3(5)7-8-4(2)6;1-2(4)5-3;/h4,7-9,12-18,23,31H,5-6,10-11,19H2,1-3H3;4-15H,1-3H3;4-10H,1-3H3;1-2H3;1H3;/q;;;;-1;+1. The van der Waals surface area contributed by atoms with Crippen molar-refractivity contribution in [1.82, 2.24) is 78.5 Å². The number of carbonyl (C=O) groups is 4. The van der Waals surface area contributed by atoms with Gasteiger partial charge in [0.05, 0.1) is 83.6 Å². The topological polar surface area (TPSA) is 280 Å².